The number of esters is 2. The molecule has 0 aromatic rings. The first-order valence-corrected chi connectivity index (χ1v) is 10.1. The minimum absolute atomic E-state index is 0.0232. The quantitative estimate of drug-likeness (QED) is 0.479. The molecule has 1 heterocycles. The summed E-state index contributed by atoms with van der Waals surface area (Å²) in [6, 6.07) is 0. The molecule has 0 bridgehead atoms. The van der Waals surface area contributed by atoms with Crippen LogP contribution in [0.15, 0.2) is 0 Å². The van der Waals surface area contributed by atoms with E-state index in [9.17, 15) is 9.59 Å². The largest absolute Gasteiger partial charge is 0.393 e. The number of cyclic esters (lactones) is 2. The molecule has 0 amide bonds. The van der Waals surface area contributed by atoms with Crippen molar-refractivity contribution in [3.63, 3.8) is 0 Å². The van der Waals surface area contributed by atoms with Crippen molar-refractivity contribution in [3.8, 4) is 0 Å². The number of hydrogen-bond acceptors (Lipinski definition) is 4. The van der Waals surface area contributed by atoms with Gasteiger partial charge in [0, 0.05) is 5.54 Å². The van der Waals surface area contributed by atoms with Gasteiger partial charge in [0.25, 0.3) is 0 Å². The predicted octanol–water partition coefficient (Wildman–Crippen LogP) is 5.09. The molecule has 3 atom stereocenters. The molecule has 1 fully saturated rings. The Morgan fingerprint density at radius 2 is 1.54 bits per heavy atom. The summed E-state index contributed by atoms with van der Waals surface area (Å²) >= 11 is 0. The molecule has 4 nitrogen and oxygen atoms in total. The minimum atomic E-state index is -0.508. The number of hydrogen-bond donors (Lipinski definition) is 1. The van der Waals surface area contributed by atoms with E-state index in [0.717, 1.165) is 25.7 Å². The van der Waals surface area contributed by atoms with Gasteiger partial charge in [-0.2, -0.15) is 0 Å². The summed E-state index contributed by atoms with van der Waals surface area (Å²) in [7, 11) is 0. The fourth-order valence-corrected chi connectivity index (χ4v) is 3.75. The van der Waals surface area contributed by atoms with Crippen molar-refractivity contribution in [1.29, 1.82) is 0 Å². The standard InChI is InChI=1S/C22H41NO3/c1-10-22(9,23)16(15-13-17(24)26-18(15)25)14-21(7,8)20(5,6)12-11-19(2,3)4/h15-16H,10-14,23H2,1-9H3. The first-order chi connectivity index (χ1) is 11.5. The maximum absolute atomic E-state index is 12.3. The normalized spacial score (nSPS) is 22.9. The Morgan fingerprint density at radius 1 is 1.00 bits per heavy atom. The molecule has 0 saturated carbocycles. The van der Waals surface area contributed by atoms with Gasteiger partial charge >= 0.3 is 11.9 Å². The van der Waals surface area contributed by atoms with Gasteiger partial charge in [-0.05, 0) is 54.8 Å². The summed E-state index contributed by atoms with van der Waals surface area (Å²) in [6.45, 7) is 20.0. The third-order valence-electron chi connectivity index (χ3n) is 7.06. The third kappa shape index (κ3) is 5.55. The average Bonchev–Trinajstić information content (AvgIpc) is 2.80. The second-order valence-corrected chi connectivity index (χ2v) is 11.1. The minimum Gasteiger partial charge on any atom is -0.393 e. The molecular weight excluding hydrogens is 326 g/mol. The Morgan fingerprint density at radius 3 is 1.92 bits per heavy atom. The molecule has 0 aromatic heterocycles. The highest BCUT2D eigenvalue weighted by molar-refractivity contribution is 5.94. The lowest BCUT2D eigenvalue weighted by Crippen LogP contribution is -2.51. The third-order valence-corrected chi connectivity index (χ3v) is 7.06. The van der Waals surface area contributed by atoms with Gasteiger partial charge in [-0.3, -0.25) is 9.59 Å². The SMILES string of the molecule is CCC(C)(N)C(CC(C)(C)C(C)(C)CCC(C)(C)C)C1CC(=O)OC1=O. The van der Waals surface area contributed by atoms with Crippen LogP contribution in [0, 0.1) is 28.1 Å². The molecule has 26 heavy (non-hydrogen) atoms. The predicted molar refractivity (Wildman–Crippen MR) is 106 cm³/mol. The van der Waals surface area contributed by atoms with Crippen LogP contribution < -0.4 is 5.73 Å². The average molecular weight is 368 g/mol. The highest BCUT2D eigenvalue weighted by Crippen LogP contribution is 2.51. The van der Waals surface area contributed by atoms with Crippen LogP contribution >= 0.6 is 0 Å². The molecule has 0 aromatic carbocycles. The van der Waals surface area contributed by atoms with E-state index in [-0.39, 0.29) is 23.2 Å². The Kier molecular flexibility index (Phi) is 6.78. The molecule has 1 saturated heterocycles. The number of carbonyl (C=O) groups excluding carboxylic acids is 2. The molecule has 152 valence electrons. The Hall–Kier alpha value is -0.900. The molecule has 0 radical (unpaired) electrons. The topological polar surface area (TPSA) is 69.4 Å². The van der Waals surface area contributed by atoms with Crippen LogP contribution in [0.4, 0.5) is 0 Å². The molecule has 0 aliphatic carbocycles. The van der Waals surface area contributed by atoms with Gasteiger partial charge in [-0.25, -0.2) is 0 Å². The Labute approximate surface area is 160 Å². The van der Waals surface area contributed by atoms with Crippen molar-refractivity contribution >= 4 is 11.9 Å². The van der Waals surface area contributed by atoms with E-state index in [0.29, 0.717) is 5.41 Å². The van der Waals surface area contributed by atoms with Gasteiger partial charge in [-0.15, -0.1) is 0 Å². The van der Waals surface area contributed by atoms with E-state index < -0.39 is 23.4 Å². The molecule has 2 N–H and O–H groups in total. The summed E-state index contributed by atoms with van der Waals surface area (Å²) in [4.78, 5) is 24.0. The van der Waals surface area contributed by atoms with E-state index >= 15 is 0 Å². The van der Waals surface area contributed by atoms with Crippen molar-refractivity contribution < 1.29 is 14.3 Å². The molecule has 1 aliphatic heterocycles. The fraction of sp³-hybridized carbons (Fsp3) is 0.909. The van der Waals surface area contributed by atoms with Crippen LogP contribution in [0.1, 0.15) is 94.4 Å². The van der Waals surface area contributed by atoms with Gasteiger partial charge in [-0.1, -0.05) is 55.4 Å². The van der Waals surface area contributed by atoms with Crippen LogP contribution in [-0.4, -0.2) is 17.5 Å². The maximum atomic E-state index is 12.3. The molecular formula is C22H41NO3. The van der Waals surface area contributed by atoms with E-state index in [4.69, 9.17) is 10.5 Å². The van der Waals surface area contributed by atoms with Crippen LogP contribution in [0.25, 0.3) is 0 Å². The van der Waals surface area contributed by atoms with Crippen LogP contribution in [0.5, 0.6) is 0 Å². The Bertz CT molecular complexity index is 526. The summed E-state index contributed by atoms with van der Waals surface area (Å²) < 4.78 is 4.85. The number of carbonyl (C=O) groups is 2. The van der Waals surface area contributed by atoms with Crippen molar-refractivity contribution in [2.45, 2.75) is 100.0 Å². The van der Waals surface area contributed by atoms with Crippen LogP contribution in [-0.2, 0) is 14.3 Å². The summed E-state index contributed by atoms with van der Waals surface area (Å²) in [5, 5.41) is 0. The van der Waals surface area contributed by atoms with Crippen molar-refractivity contribution in [1.82, 2.24) is 0 Å². The van der Waals surface area contributed by atoms with Gasteiger partial charge in [0.1, 0.15) is 0 Å². The number of rotatable bonds is 8. The lowest BCUT2D eigenvalue weighted by molar-refractivity contribution is -0.154. The highest BCUT2D eigenvalue weighted by Gasteiger charge is 2.49. The Balaban J connectivity index is 3.08. The van der Waals surface area contributed by atoms with Gasteiger partial charge in [0.05, 0.1) is 12.3 Å². The summed E-state index contributed by atoms with van der Waals surface area (Å²) in [5.41, 5.74) is 6.47. The molecule has 1 aliphatic rings. The second kappa shape index (κ2) is 7.61. The van der Waals surface area contributed by atoms with Crippen LogP contribution in [0.2, 0.25) is 0 Å². The zero-order valence-corrected chi connectivity index (χ0v) is 18.5. The van der Waals surface area contributed by atoms with Gasteiger partial charge in [0.2, 0.25) is 0 Å². The molecule has 1 rings (SSSR count). The lowest BCUT2D eigenvalue weighted by atomic mass is 9.57. The fourth-order valence-electron chi connectivity index (χ4n) is 3.75. The summed E-state index contributed by atoms with van der Waals surface area (Å²) in [6.07, 6.45) is 3.98. The molecule has 4 heteroatoms. The van der Waals surface area contributed by atoms with Gasteiger partial charge < -0.3 is 10.5 Å². The highest BCUT2D eigenvalue weighted by atomic mass is 16.6. The lowest BCUT2D eigenvalue weighted by Gasteiger charge is -2.48. The van der Waals surface area contributed by atoms with E-state index in [1.807, 2.05) is 13.8 Å². The zero-order valence-electron chi connectivity index (χ0n) is 18.5. The monoisotopic (exact) mass is 367 g/mol. The zero-order chi connectivity index (χ0) is 20.6. The number of ether oxygens (including phenoxy) is 1. The molecule has 0 spiro atoms. The first-order valence-electron chi connectivity index (χ1n) is 10.1. The summed E-state index contributed by atoms with van der Waals surface area (Å²) in [5.74, 6) is -1.30. The number of nitrogens with two attached hydrogens (primary N) is 1. The smallest absolute Gasteiger partial charge is 0.317 e. The van der Waals surface area contributed by atoms with Crippen molar-refractivity contribution in [3.05, 3.63) is 0 Å². The van der Waals surface area contributed by atoms with Gasteiger partial charge in [0.15, 0.2) is 0 Å². The van der Waals surface area contributed by atoms with Crippen molar-refractivity contribution in [2.75, 3.05) is 0 Å². The van der Waals surface area contributed by atoms with Crippen LogP contribution in [0.3, 0.4) is 0 Å². The molecule has 3 unspecified atom stereocenters. The van der Waals surface area contributed by atoms with E-state index in [1.54, 1.807) is 0 Å². The maximum Gasteiger partial charge on any atom is 0.317 e. The van der Waals surface area contributed by atoms with Crippen molar-refractivity contribution in [2.24, 2.45) is 33.8 Å². The van der Waals surface area contributed by atoms with E-state index in [2.05, 4.69) is 48.5 Å². The first kappa shape index (κ1) is 23.1. The second-order valence-electron chi connectivity index (χ2n) is 11.1. The van der Waals surface area contributed by atoms with E-state index in [1.165, 1.54) is 0 Å².